The van der Waals surface area contributed by atoms with Crippen LogP contribution in [0.2, 0.25) is 0 Å². The molecule has 7 heteroatoms. The summed E-state index contributed by atoms with van der Waals surface area (Å²) in [6.07, 6.45) is 5.51. The van der Waals surface area contributed by atoms with Gasteiger partial charge in [0.05, 0.1) is 16.5 Å². The minimum Gasteiger partial charge on any atom is -0.329 e. The maximum atomic E-state index is 12.4. The van der Waals surface area contributed by atoms with E-state index in [1.54, 1.807) is 12.1 Å². The van der Waals surface area contributed by atoms with Crippen molar-refractivity contribution in [1.29, 1.82) is 5.26 Å². The summed E-state index contributed by atoms with van der Waals surface area (Å²) >= 11 is 0. The van der Waals surface area contributed by atoms with E-state index in [0.717, 1.165) is 25.7 Å². The molecule has 1 aromatic carbocycles. The van der Waals surface area contributed by atoms with Crippen molar-refractivity contribution in [3.05, 3.63) is 29.8 Å². The molecule has 0 bridgehead atoms. The summed E-state index contributed by atoms with van der Waals surface area (Å²) < 4.78 is 27.6. The molecule has 0 radical (unpaired) electrons. The smallest absolute Gasteiger partial charge is 0.240 e. The molecule has 0 aromatic heterocycles. The highest BCUT2D eigenvalue weighted by molar-refractivity contribution is 7.89. The summed E-state index contributed by atoms with van der Waals surface area (Å²) in [6, 6.07) is 7.76. The average Bonchev–Trinajstić information content (AvgIpc) is 2.53. The van der Waals surface area contributed by atoms with E-state index in [9.17, 15) is 8.42 Å². The van der Waals surface area contributed by atoms with Gasteiger partial charge in [-0.3, -0.25) is 0 Å². The van der Waals surface area contributed by atoms with E-state index in [1.165, 1.54) is 18.6 Å². The zero-order chi connectivity index (χ0) is 15.3. The van der Waals surface area contributed by atoms with Gasteiger partial charge in [-0.2, -0.15) is 5.26 Å². The van der Waals surface area contributed by atoms with E-state index >= 15 is 0 Å². The molecule has 0 amide bonds. The minimum absolute atomic E-state index is 0. The number of nitrogens with zero attached hydrogens (tertiary/aromatic N) is 1. The highest BCUT2D eigenvalue weighted by Crippen LogP contribution is 2.27. The Balaban J connectivity index is 0.00000242. The first-order valence-electron chi connectivity index (χ1n) is 7.29. The number of hydrogen-bond acceptors (Lipinski definition) is 4. The summed E-state index contributed by atoms with van der Waals surface area (Å²) in [4.78, 5) is 0.121. The van der Waals surface area contributed by atoms with Gasteiger partial charge in [-0.25, -0.2) is 13.1 Å². The summed E-state index contributed by atoms with van der Waals surface area (Å²) in [5.74, 6) is 0.303. The molecule has 3 N–H and O–H groups in total. The lowest BCUT2D eigenvalue weighted by Gasteiger charge is -2.29. The highest BCUT2D eigenvalue weighted by Gasteiger charge is 2.27. The summed E-state index contributed by atoms with van der Waals surface area (Å²) in [5, 5.41) is 8.87. The van der Waals surface area contributed by atoms with Crippen molar-refractivity contribution in [2.75, 3.05) is 6.54 Å². The lowest BCUT2D eigenvalue weighted by Crippen LogP contribution is -2.45. The molecule has 122 valence electrons. The Bertz CT molecular complexity index is 622. The van der Waals surface area contributed by atoms with Crippen LogP contribution >= 0.6 is 12.4 Å². The number of benzene rings is 1. The molecule has 22 heavy (non-hydrogen) atoms. The van der Waals surface area contributed by atoms with Gasteiger partial charge >= 0.3 is 0 Å². The van der Waals surface area contributed by atoms with Gasteiger partial charge in [0.1, 0.15) is 0 Å². The Hall–Kier alpha value is -1.13. The van der Waals surface area contributed by atoms with Gasteiger partial charge in [-0.1, -0.05) is 25.3 Å². The van der Waals surface area contributed by atoms with Crippen molar-refractivity contribution in [2.24, 2.45) is 11.7 Å². The molecule has 1 fully saturated rings. The first kappa shape index (κ1) is 18.9. The van der Waals surface area contributed by atoms with Gasteiger partial charge in [-0.05, 0) is 37.0 Å². The number of nitrogens with two attached hydrogens (primary N) is 1. The van der Waals surface area contributed by atoms with Crippen molar-refractivity contribution in [3.63, 3.8) is 0 Å². The fourth-order valence-corrected chi connectivity index (χ4v) is 4.24. The zero-order valence-electron chi connectivity index (χ0n) is 12.4. The molecule has 0 aliphatic heterocycles. The van der Waals surface area contributed by atoms with E-state index in [2.05, 4.69) is 4.72 Å². The standard InChI is InChI=1S/C15H21N3O2S.ClH/c16-10-12-5-4-8-14(9-12)21(19,20)18-15(11-17)13-6-2-1-3-7-13;/h4-5,8-9,13,15,18H,1-3,6-7,11,17H2;1H. The van der Waals surface area contributed by atoms with Crippen LogP contribution in [0, 0.1) is 17.2 Å². The molecule has 0 spiro atoms. The van der Waals surface area contributed by atoms with E-state index in [0.29, 0.717) is 18.0 Å². The van der Waals surface area contributed by atoms with Gasteiger partial charge in [0.15, 0.2) is 0 Å². The van der Waals surface area contributed by atoms with E-state index in [4.69, 9.17) is 11.0 Å². The molecule has 1 aliphatic rings. The van der Waals surface area contributed by atoms with Crippen LogP contribution in [0.15, 0.2) is 29.2 Å². The van der Waals surface area contributed by atoms with Crippen LogP contribution in [0.5, 0.6) is 0 Å². The van der Waals surface area contributed by atoms with Crippen molar-refractivity contribution < 1.29 is 8.42 Å². The first-order chi connectivity index (χ1) is 10.1. The number of nitriles is 1. The third-order valence-corrected chi connectivity index (χ3v) is 5.54. The average molecular weight is 344 g/mol. The molecule has 0 saturated heterocycles. The maximum Gasteiger partial charge on any atom is 0.240 e. The van der Waals surface area contributed by atoms with Crippen molar-refractivity contribution in [1.82, 2.24) is 4.72 Å². The molecule has 1 saturated carbocycles. The lowest BCUT2D eigenvalue weighted by molar-refractivity contribution is 0.294. The SMILES string of the molecule is Cl.N#Cc1cccc(S(=O)(=O)NC(CN)C2CCCCC2)c1. The number of rotatable bonds is 5. The molecule has 0 heterocycles. The van der Waals surface area contributed by atoms with Gasteiger partial charge in [-0.15, -0.1) is 12.4 Å². The van der Waals surface area contributed by atoms with E-state index in [-0.39, 0.29) is 23.3 Å². The molecular formula is C15H22ClN3O2S. The molecule has 1 atom stereocenters. The van der Waals surface area contributed by atoms with Crippen LogP contribution in [0.1, 0.15) is 37.7 Å². The Morgan fingerprint density at radius 2 is 2.00 bits per heavy atom. The van der Waals surface area contributed by atoms with Crippen LogP contribution in [-0.2, 0) is 10.0 Å². The number of halogens is 1. The fourth-order valence-electron chi connectivity index (χ4n) is 2.87. The van der Waals surface area contributed by atoms with Gasteiger partial charge in [0.25, 0.3) is 0 Å². The number of sulfonamides is 1. The molecule has 2 rings (SSSR count). The summed E-state index contributed by atoms with van der Waals surface area (Å²) in [6.45, 7) is 0.293. The monoisotopic (exact) mass is 343 g/mol. The quantitative estimate of drug-likeness (QED) is 0.856. The fraction of sp³-hybridized carbons (Fsp3) is 0.533. The Morgan fingerprint density at radius 3 is 2.59 bits per heavy atom. The second-order valence-electron chi connectivity index (χ2n) is 5.50. The van der Waals surface area contributed by atoms with Crippen LogP contribution < -0.4 is 10.5 Å². The summed E-state index contributed by atoms with van der Waals surface area (Å²) in [5.41, 5.74) is 6.10. The van der Waals surface area contributed by atoms with E-state index in [1.807, 2.05) is 6.07 Å². The van der Waals surface area contributed by atoms with Gasteiger partial charge in [0, 0.05) is 12.6 Å². The van der Waals surface area contributed by atoms with Crippen LogP contribution in [0.3, 0.4) is 0 Å². The Kier molecular flexibility index (Phi) is 7.30. The molecule has 5 nitrogen and oxygen atoms in total. The largest absolute Gasteiger partial charge is 0.329 e. The van der Waals surface area contributed by atoms with Crippen molar-refractivity contribution in [2.45, 2.75) is 43.0 Å². The van der Waals surface area contributed by atoms with Crippen molar-refractivity contribution >= 4 is 22.4 Å². The maximum absolute atomic E-state index is 12.4. The van der Waals surface area contributed by atoms with Gasteiger partial charge in [0.2, 0.25) is 10.0 Å². The highest BCUT2D eigenvalue weighted by atomic mass is 35.5. The third-order valence-electron chi connectivity index (χ3n) is 4.05. The second-order valence-corrected chi connectivity index (χ2v) is 7.22. The Morgan fingerprint density at radius 1 is 1.32 bits per heavy atom. The minimum atomic E-state index is -3.63. The van der Waals surface area contributed by atoms with Gasteiger partial charge < -0.3 is 5.73 Å². The first-order valence-corrected chi connectivity index (χ1v) is 8.77. The van der Waals surface area contributed by atoms with Crippen molar-refractivity contribution in [3.8, 4) is 6.07 Å². The molecular weight excluding hydrogens is 322 g/mol. The number of hydrogen-bond donors (Lipinski definition) is 2. The Labute approximate surface area is 138 Å². The molecule has 1 unspecified atom stereocenters. The normalized spacial score (nSPS) is 17.3. The van der Waals surface area contributed by atoms with Crippen LogP contribution in [0.25, 0.3) is 0 Å². The summed E-state index contributed by atoms with van der Waals surface area (Å²) in [7, 11) is -3.63. The molecule has 1 aliphatic carbocycles. The predicted octanol–water partition coefficient (Wildman–Crippen LogP) is 2.17. The van der Waals surface area contributed by atoms with Crippen LogP contribution in [-0.4, -0.2) is 21.0 Å². The number of nitrogens with one attached hydrogen (secondary N) is 1. The lowest BCUT2D eigenvalue weighted by atomic mass is 9.84. The topological polar surface area (TPSA) is 96.0 Å². The third kappa shape index (κ3) is 4.68. The second kappa shape index (κ2) is 8.49. The van der Waals surface area contributed by atoms with Crippen LogP contribution in [0.4, 0.5) is 0 Å². The zero-order valence-corrected chi connectivity index (χ0v) is 14.0. The van der Waals surface area contributed by atoms with E-state index < -0.39 is 10.0 Å². The molecule has 1 aromatic rings. The predicted molar refractivity (Wildman–Crippen MR) is 88.1 cm³/mol.